The highest BCUT2D eigenvalue weighted by atomic mass is 16.3. The van der Waals surface area contributed by atoms with Gasteiger partial charge in [-0.05, 0) is 31.5 Å². The molecule has 3 N–H and O–H groups in total. The van der Waals surface area contributed by atoms with Crippen LogP contribution < -0.4 is 10.6 Å². The van der Waals surface area contributed by atoms with E-state index in [-0.39, 0.29) is 17.7 Å². The van der Waals surface area contributed by atoms with Crippen molar-refractivity contribution in [3.8, 4) is 5.75 Å². The van der Waals surface area contributed by atoms with E-state index in [9.17, 15) is 9.90 Å². The van der Waals surface area contributed by atoms with Gasteiger partial charge >= 0.3 is 0 Å². The van der Waals surface area contributed by atoms with Crippen molar-refractivity contribution in [2.24, 2.45) is 0 Å². The molecule has 0 unspecified atom stereocenters. The predicted molar refractivity (Wildman–Crippen MR) is 75.3 cm³/mol. The monoisotopic (exact) mass is 256 g/mol. The molecule has 98 valence electrons. The summed E-state index contributed by atoms with van der Waals surface area (Å²) in [6, 6.07) is 10.7. The Kier molecular flexibility index (Phi) is 3.09. The van der Waals surface area contributed by atoms with Gasteiger partial charge < -0.3 is 15.7 Å². The number of nitrogens with one attached hydrogen (secondary N) is 2. The molecule has 0 aliphatic carbocycles. The van der Waals surface area contributed by atoms with Crippen LogP contribution in [0.2, 0.25) is 0 Å². The summed E-state index contributed by atoms with van der Waals surface area (Å²) in [7, 11) is 0. The molecular formula is C15H16N2O2. The van der Waals surface area contributed by atoms with Gasteiger partial charge in [0.05, 0.1) is 6.04 Å². The molecule has 0 bridgehead atoms. The number of hydrogen-bond donors (Lipinski definition) is 3. The molecule has 1 amide bonds. The van der Waals surface area contributed by atoms with Crippen molar-refractivity contribution < 1.29 is 9.90 Å². The molecule has 1 saturated heterocycles. The van der Waals surface area contributed by atoms with E-state index in [2.05, 4.69) is 10.6 Å². The fourth-order valence-electron chi connectivity index (χ4n) is 2.53. The van der Waals surface area contributed by atoms with Crippen LogP contribution in [0.25, 0.3) is 10.8 Å². The molecule has 1 aliphatic heterocycles. The summed E-state index contributed by atoms with van der Waals surface area (Å²) in [6.07, 6.45) is 1.91. The van der Waals surface area contributed by atoms with E-state index in [1.807, 2.05) is 24.3 Å². The summed E-state index contributed by atoms with van der Waals surface area (Å²) >= 11 is 0. The van der Waals surface area contributed by atoms with Crippen LogP contribution in [0.3, 0.4) is 0 Å². The van der Waals surface area contributed by atoms with E-state index in [0.29, 0.717) is 0 Å². The Morgan fingerprint density at radius 3 is 2.79 bits per heavy atom. The maximum Gasteiger partial charge on any atom is 0.241 e. The summed E-state index contributed by atoms with van der Waals surface area (Å²) in [6.45, 7) is 0.897. The molecule has 0 radical (unpaired) electrons. The zero-order valence-corrected chi connectivity index (χ0v) is 10.5. The van der Waals surface area contributed by atoms with E-state index in [4.69, 9.17) is 0 Å². The number of carbonyl (C=O) groups is 1. The van der Waals surface area contributed by atoms with Crippen molar-refractivity contribution >= 4 is 22.4 Å². The van der Waals surface area contributed by atoms with Gasteiger partial charge in [-0.15, -0.1) is 0 Å². The van der Waals surface area contributed by atoms with Crippen LogP contribution in [0, 0.1) is 0 Å². The Morgan fingerprint density at radius 1 is 1.21 bits per heavy atom. The van der Waals surface area contributed by atoms with Crippen molar-refractivity contribution in [1.29, 1.82) is 0 Å². The lowest BCUT2D eigenvalue weighted by Gasteiger charge is -2.13. The SMILES string of the molecule is O=C(Nc1cccc2c(O)cccc12)[C@@H]1CCCN1. The molecular weight excluding hydrogens is 240 g/mol. The largest absolute Gasteiger partial charge is 0.507 e. The lowest BCUT2D eigenvalue weighted by Crippen LogP contribution is -2.35. The zero-order valence-electron chi connectivity index (χ0n) is 10.5. The van der Waals surface area contributed by atoms with Gasteiger partial charge in [0.25, 0.3) is 0 Å². The van der Waals surface area contributed by atoms with Crippen LogP contribution in [0.15, 0.2) is 36.4 Å². The first-order chi connectivity index (χ1) is 9.25. The van der Waals surface area contributed by atoms with Gasteiger partial charge in [0.2, 0.25) is 5.91 Å². The molecule has 4 heteroatoms. The van der Waals surface area contributed by atoms with Gasteiger partial charge in [0.1, 0.15) is 5.75 Å². The van der Waals surface area contributed by atoms with E-state index in [1.165, 1.54) is 0 Å². The average Bonchev–Trinajstić information content (AvgIpc) is 2.94. The molecule has 19 heavy (non-hydrogen) atoms. The van der Waals surface area contributed by atoms with Crippen LogP contribution in [0.4, 0.5) is 5.69 Å². The van der Waals surface area contributed by atoms with Crippen molar-refractivity contribution in [3.63, 3.8) is 0 Å². The second kappa shape index (κ2) is 4.90. The first-order valence-corrected chi connectivity index (χ1v) is 6.50. The quantitative estimate of drug-likeness (QED) is 0.772. The minimum atomic E-state index is -0.104. The highest BCUT2D eigenvalue weighted by Gasteiger charge is 2.22. The highest BCUT2D eigenvalue weighted by Crippen LogP contribution is 2.29. The van der Waals surface area contributed by atoms with Gasteiger partial charge in [0.15, 0.2) is 0 Å². The fourth-order valence-corrected chi connectivity index (χ4v) is 2.53. The highest BCUT2D eigenvalue weighted by molar-refractivity contribution is 6.05. The minimum Gasteiger partial charge on any atom is -0.507 e. The standard InChI is InChI=1S/C15H16N2O2/c18-14-8-2-4-10-11(14)5-1-6-12(10)17-15(19)13-7-3-9-16-13/h1-2,4-6,8,13,16,18H,3,7,9H2,(H,17,19)/t13-/m0/s1. The topological polar surface area (TPSA) is 61.4 Å². The van der Waals surface area contributed by atoms with E-state index < -0.39 is 0 Å². The van der Waals surface area contributed by atoms with Gasteiger partial charge in [0, 0.05) is 16.5 Å². The second-order valence-corrected chi connectivity index (χ2v) is 4.82. The normalized spacial score (nSPS) is 18.6. The average molecular weight is 256 g/mol. The van der Waals surface area contributed by atoms with Gasteiger partial charge in [-0.2, -0.15) is 0 Å². The molecule has 0 spiro atoms. The molecule has 1 aliphatic rings. The number of rotatable bonds is 2. The first-order valence-electron chi connectivity index (χ1n) is 6.50. The number of anilines is 1. The van der Waals surface area contributed by atoms with Crippen LogP contribution in [-0.4, -0.2) is 23.6 Å². The lowest BCUT2D eigenvalue weighted by atomic mass is 10.1. The van der Waals surface area contributed by atoms with Crippen molar-refractivity contribution in [2.75, 3.05) is 11.9 Å². The van der Waals surface area contributed by atoms with Crippen LogP contribution in [0.5, 0.6) is 5.75 Å². The fraction of sp³-hybridized carbons (Fsp3) is 0.267. The summed E-state index contributed by atoms with van der Waals surface area (Å²) in [5, 5.41) is 17.5. The molecule has 0 aromatic heterocycles. The van der Waals surface area contributed by atoms with Crippen molar-refractivity contribution in [3.05, 3.63) is 36.4 Å². The summed E-state index contributed by atoms with van der Waals surface area (Å²) in [5.41, 5.74) is 0.743. The van der Waals surface area contributed by atoms with Crippen LogP contribution in [0.1, 0.15) is 12.8 Å². The summed E-state index contributed by atoms with van der Waals surface area (Å²) < 4.78 is 0. The van der Waals surface area contributed by atoms with Gasteiger partial charge in [-0.25, -0.2) is 0 Å². The second-order valence-electron chi connectivity index (χ2n) is 4.82. The van der Waals surface area contributed by atoms with Crippen LogP contribution >= 0.6 is 0 Å². The van der Waals surface area contributed by atoms with E-state index >= 15 is 0 Å². The number of aromatic hydroxyl groups is 1. The van der Waals surface area contributed by atoms with Crippen LogP contribution in [-0.2, 0) is 4.79 Å². The maximum absolute atomic E-state index is 12.1. The zero-order chi connectivity index (χ0) is 13.2. The van der Waals surface area contributed by atoms with Crippen molar-refractivity contribution in [1.82, 2.24) is 5.32 Å². The molecule has 4 nitrogen and oxygen atoms in total. The third kappa shape index (κ3) is 2.27. The predicted octanol–water partition coefficient (Wildman–Crippen LogP) is 2.24. The molecule has 1 fully saturated rings. The Labute approximate surface area is 111 Å². The maximum atomic E-state index is 12.1. The molecule has 0 saturated carbocycles. The summed E-state index contributed by atoms with van der Waals surface area (Å²) in [5.74, 6) is 0.223. The number of benzene rings is 2. The Balaban J connectivity index is 1.92. The molecule has 1 atom stereocenters. The molecule has 2 aromatic rings. The lowest BCUT2D eigenvalue weighted by molar-refractivity contribution is -0.117. The number of amides is 1. The van der Waals surface area contributed by atoms with E-state index in [0.717, 1.165) is 35.8 Å². The summed E-state index contributed by atoms with van der Waals surface area (Å²) in [4.78, 5) is 12.1. The number of phenols is 1. The number of carbonyl (C=O) groups excluding carboxylic acids is 1. The van der Waals surface area contributed by atoms with Gasteiger partial charge in [-0.3, -0.25) is 4.79 Å². The molecule has 3 rings (SSSR count). The Hall–Kier alpha value is -2.07. The third-order valence-electron chi connectivity index (χ3n) is 3.53. The Bertz CT molecular complexity index is 619. The number of fused-ring (bicyclic) bond motifs is 1. The van der Waals surface area contributed by atoms with Gasteiger partial charge in [-0.1, -0.05) is 24.3 Å². The molecule has 2 aromatic carbocycles. The molecule has 1 heterocycles. The van der Waals surface area contributed by atoms with E-state index in [1.54, 1.807) is 12.1 Å². The number of hydrogen-bond acceptors (Lipinski definition) is 3. The number of phenolic OH excluding ortho intramolecular Hbond substituents is 1. The third-order valence-corrected chi connectivity index (χ3v) is 3.53. The van der Waals surface area contributed by atoms with Crippen molar-refractivity contribution in [2.45, 2.75) is 18.9 Å². The first kappa shape index (κ1) is 12.0. The Morgan fingerprint density at radius 2 is 2.00 bits per heavy atom. The smallest absolute Gasteiger partial charge is 0.241 e. The minimum absolute atomic E-state index is 0.00616.